The lowest BCUT2D eigenvalue weighted by molar-refractivity contribution is -0.140. The summed E-state index contributed by atoms with van der Waals surface area (Å²) in [5, 5.41) is 22.8. The lowest BCUT2D eigenvalue weighted by Crippen LogP contribution is -2.39. The summed E-state index contributed by atoms with van der Waals surface area (Å²) in [5.41, 5.74) is 1.24. The van der Waals surface area contributed by atoms with E-state index in [-0.39, 0.29) is 0 Å². The van der Waals surface area contributed by atoms with Crippen molar-refractivity contribution in [3.63, 3.8) is 0 Å². The lowest BCUT2D eigenvalue weighted by atomic mass is 9.97. The molecule has 0 amide bonds. The molecule has 3 rings (SSSR count). The molecule has 0 saturated carbocycles. The minimum absolute atomic E-state index is 0.523. The highest BCUT2D eigenvalue weighted by molar-refractivity contribution is 7.19. The van der Waals surface area contributed by atoms with Gasteiger partial charge in [0.15, 0.2) is 6.04 Å². The second-order valence-corrected chi connectivity index (χ2v) is 6.79. The molecule has 0 aromatic carbocycles. The zero-order valence-corrected chi connectivity index (χ0v) is 13.4. The summed E-state index contributed by atoms with van der Waals surface area (Å²) in [7, 11) is 0. The second kappa shape index (κ2) is 5.81. The highest BCUT2D eigenvalue weighted by atomic mass is 32.1. The molecule has 2 atom stereocenters. The highest BCUT2D eigenvalue weighted by Gasteiger charge is 2.27. The minimum atomic E-state index is -1.09. The number of anilines is 1. The number of nitrogens with zero attached hydrogens (tertiary/aromatic N) is 2. The van der Waals surface area contributed by atoms with Crippen LogP contribution in [-0.2, 0) is 17.6 Å². The van der Waals surface area contributed by atoms with Gasteiger partial charge in [0, 0.05) is 4.88 Å². The van der Waals surface area contributed by atoms with E-state index < -0.39 is 18.1 Å². The smallest absolute Gasteiger partial charge is 0.328 e. The molecule has 22 heavy (non-hydrogen) atoms. The zero-order valence-electron chi connectivity index (χ0n) is 12.6. The number of carboxylic acids is 1. The predicted molar refractivity (Wildman–Crippen MR) is 85.5 cm³/mol. The number of carboxylic acid groups (broad SMARTS) is 1. The largest absolute Gasteiger partial charge is 0.480 e. The molecule has 0 spiro atoms. The van der Waals surface area contributed by atoms with Gasteiger partial charge in [-0.3, -0.25) is 0 Å². The molecule has 0 saturated heterocycles. The number of rotatable bonds is 4. The average molecular weight is 321 g/mol. The number of thiophene rings is 1. The second-order valence-electron chi connectivity index (χ2n) is 5.71. The van der Waals surface area contributed by atoms with Gasteiger partial charge in [0.2, 0.25) is 0 Å². The lowest BCUT2D eigenvalue weighted by Gasteiger charge is -2.19. The van der Waals surface area contributed by atoms with Gasteiger partial charge in [-0.05, 0) is 45.1 Å². The number of hydrogen-bond acceptors (Lipinski definition) is 6. The molecular formula is C15H19N3O3S. The first-order valence-corrected chi connectivity index (χ1v) is 8.25. The van der Waals surface area contributed by atoms with Crippen molar-refractivity contribution in [1.82, 2.24) is 9.97 Å². The molecule has 1 aliphatic carbocycles. The van der Waals surface area contributed by atoms with Crippen molar-refractivity contribution < 1.29 is 15.0 Å². The van der Waals surface area contributed by atoms with E-state index in [9.17, 15) is 15.0 Å². The maximum atomic E-state index is 11.3. The van der Waals surface area contributed by atoms with Gasteiger partial charge < -0.3 is 15.5 Å². The van der Waals surface area contributed by atoms with E-state index in [4.69, 9.17) is 0 Å². The molecule has 0 fully saturated rings. The number of aliphatic hydroxyl groups excluding tert-OH is 1. The Labute approximate surface area is 132 Å². The maximum Gasteiger partial charge on any atom is 0.328 e. The molecule has 7 heteroatoms. The third kappa shape index (κ3) is 2.66. The van der Waals surface area contributed by atoms with Crippen molar-refractivity contribution in [3.8, 4) is 0 Å². The first kappa shape index (κ1) is 15.2. The van der Waals surface area contributed by atoms with Crippen LogP contribution in [0.2, 0.25) is 0 Å². The van der Waals surface area contributed by atoms with Gasteiger partial charge in [0.05, 0.1) is 11.5 Å². The van der Waals surface area contributed by atoms with Crippen LogP contribution in [-0.4, -0.2) is 38.3 Å². The summed E-state index contributed by atoms with van der Waals surface area (Å²) >= 11 is 1.67. The van der Waals surface area contributed by atoms with Crippen LogP contribution in [0.25, 0.3) is 10.2 Å². The summed E-state index contributed by atoms with van der Waals surface area (Å²) in [6.07, 6.45) is 3.32. The number of nitrogens with one attached hydrogen (secondary N) is 1. The van der Waals surface area contributed by atoms with E-state index in [2.05, 4.69) is 15.3 Å². The molecule has 2 aromatic heterocycles. The maximum absolute atomic E-state index is 11.3. The van der Waals surface area contributed by atoms with Crippen LogP contribution in [0.4, 0.5) is 5.82 Å². The summed E-state index contributed by atoms with van der Waals surface area (Å²) in [5.74, 6) is 0.0297. The van der Waals surface area contributed by atoms with E-state index in [1.54, 1.807) is 18.3 Å². The summed E-state index contributed by atoms with van der Waals surface area (Å²) in [4.78, 5) is 22.4. The molecule has 2 aromatic rings. The molecular weight excluding hydrogens is 302 g/mol. The SMILES string of the molecule is Cc1nc(NC(C(=O)O)C(C)O)c2c3c(sc2n1)CCCC3. The molecule has 2 heterocycles. The number of fused-ring (bicyclic) bond motifs is 3. The Balaban J connectivity index is 2.11. The first-order chi connectivity index (χ1) is 10.5. The standard InChI is InChI=1S/C15H19N3O3S/c1-7(19)12(15(20)21)18-13-11-9-5-3-4-6-10(9)22-14(11)17-8(2)16-13/h7,12,19H,3-6H2,1-2H3,(H,20,21)(H,16,17,18). The molecule has 0 bridgehead atoms. The zero-order chi connectivity index (χ0) is 15.9. The molecule has 2 unspecified atom stereocenters. The van der Waals surface area contributed by atoms with Crippen LogP contribution < -0.4 is 5.32 Å². The quantitative estimate of drug-likeness (QED) is 0.798. The number of carbonyl (C=O) groups is 1. The van der Waals surface area contributed by atoms with Gasteiger partial charge in [0.25, 0.3) is 0 Å². The van der Waals surface area contributed by atoms with Crippen molar-refractivity contribution in [2.24, 2.45) is 0 Å². The number of aryl methyl sites for hydroxylation is 3. The van der Waals surface area contributed by atoms with Gasteiger partial charge in [-0.15, -0.1) is 11.3 Å². The van der Waals surface area contributed by atoms with Crippen molar-refractivity contribution in [2.45, 2.75) is 51.7 Å². The van der Waals surface area contributed by atoms with Crippen molar-refractivity contribution in [1.29, 1.82) is 0 Å². The number of hydrogen-bond donors (Lipinski definition) is 3. The van der Waals surface area contributed by atoms with E-state index in [0.717, 1.165) is 29.5 Å². The Morgan fingerprint density at radius 2 is 2.05 bits per heavy atom. The molecule has 0 aliphatic heterocycles. The fourth-order valence-electron chi connectivity index (χ4n) is 2.90. The fourth-order valence-corrected chi connectivity index (χ4v) is 4.21. The van der Waals surface area contributed by atoms with Gasteiger partial charge in [-0.25, -0.2) is 14.8 Å². The van der Waals surface area contributed by atoms with E-state index in [1.165, 1.54) is 23.8 Å². The number of aliphatic hydroxyl groups is 1. The highest BCUT2D eigenvalue weighted by Crippen LogP contribution is 2.38. The van der Waals surface area contributed by atoms with Crippen LogP contribution in [0.3, 0.4) is 0 Å². The Morgan fingerprint density at radius 3 is 2.73 bits per heavy atom. The Morgan fingerprint density at radius 1 is 1.32 bits per heavy atom. The van der Waals surface area contributed by atoms with Crippen LogP contribution in [0, 0.1) is 6.92 Å². The van der Waals surface area contributed by atoms with Crippen molar-refractivity contribution in [2.75, 3.05) is 5.32 Å². The van der Waals surface area contributed by atoms with Crippen LogP contribution in [0.15, 0.2) is 0 Å². The molecule has 118 valence electrons. The van der Waals surface area contributed by atoms with Crippen molar-refractivity contribution in [3.05, 3.63) is 16.3 Å². The van der Waals surface area contributed by atoms with Crippen molar-refractivity contribution >= 4 is 33.3 Å². The topological polar surface area (TPSA) is 95.3 Å². The van der Waals surface area contributed by atoms with Gasteiger partial charge in [-0.2, -0.15) is 0 Å². The van der Waals surface area contributed by atoms with Gasteiger partial charge in [0.1, 0.15) is 16.5 Å². The molecule has 1 aliphatic rings. The van der Waals surface area contributed by atoms with Crippen LogP contribution in [0.5, 0.6) is 0 Å². The monoisotopic (exact) mass is 321 g/mol. The van der Waals surface area contributed by atoms with E-state index in [1.807, 2.05) is 0 Å². The third-order valence-electron chi connectivity index (χ3n) is 3.97. The third-order valence-corrected chi connectivity index (χ3v) is 5.15. The fraction of sp³-hybridized carbons (Fsp3) is 0.533. The molecule has 6 nitrogen and oxygen atoms in total. The predicted octanol–water partition coefficient (Wildman–Crippen LogP) is 2.12. The number of aromatic nitrogens is 2. The summed E-state index contributed by atoms with van der Waals surface area (Å²) in [6, 6.07) is -1.09. The summed E-state index contributed by atoms with van der Waals surface area (Å²) in [6.45, 7) is 3.25. The Kier molecular flexibility index (Phi) is 4.01. The van der Waals surface area contributed by atoms with E-state index >= 15 is 0 Å². The van der Waals surface area contributed by atoms with Gasteiger partial charge in [-0.1, -0.05) is 0 Å². The Hall–Kier alpha value is -1.73. The normalized spacial score (nSPS) is 17.0. The minimum Gasteiger partial charge on any atom is -0.480 e. The average Bonchev–Trinajstić information content (AvgIpc) is 2.81. The van der Waals surface area contributed by atoms with Crippen LogP contribution >= 0.6 is 11.3 Å². The van der Waals surface area contributed by atoms with Crippen LogP contribution in [0.1, 0.15) is 36.0 Å². The number of aliphatic carboxylic acids is 1. The molecule has 3 N–H and O–H groups in total. The Bertz CT molecular complexity index is 726. The van der Waals surface area contributed by atoms with E-state index in [0.29, 0.717) is 11.6 Å². The molecule has 0 radical (unpaired) electrons. The van der Waals surface area contributed by atoms with Gasteiger partial charge >= 0.3 is 5.97 Å². The summed E-state index contributed by atoms with van der Waals surface area (Å²) < 4.78 is 0. The first-order valence-electron chi connectivity index (χ1n) is 7.43.